The van der Waals surface area contributed by atoms with E-state index in [0.717, 1.165) is 0 Å². The van der Waals surface area contributed by atoms with E-state index < -0.39 is 12.5 Å². The molecule has 0 radical (unpaired) electrons. The molecule has 84 valence electrons. The number of aromatic nitrogens is 4. The van der Waals surface area contributed by atoms with Gasteiger partial charge < -0.3 is 5.73 Å². The van der Waals surface area contributed by atoms with Crippen LogP contribution in [0.3, 0.4) is 0 Å². The van der Waals surface area contributed by atoms with Gasteiger partial charge in [0.1, 0.15) is 0 Å². The first-order valence-electron chi connectivity index (χ1n) is 4.56. The maximum atomic E-state index is 13.3. The largest absolute Gasteiger partial charge is 0.325 e. The molecule has 0 aliphatic rings. The van der Waals surface area contributed by atoms with Crippen molar-refractivity contribution in [2.24, 2.45) is 5.73 Å². The molecule has 1 aromatic carbocycles. The third-order valence-corrected chi connectivity index (χ3v) is 2.14. The summed E-state index contributed by atoms with van der Waals surface area (Å²) in [5.74, 6) is -2.77. The Labute approximate surface area is 89.7 Å². The van der Waals surface area contributed by atoms with Crippen LogP contribution in [0.4, 0.5) is 8.78 Å². The normalized spacial score (nSPS) is 11.7. The van der Waals surface area contributed by atoms with Gasteiger partial charge in [0.05, 0.1) is 6.54 Å². The van der Waals surface area contributed by atoms with E-state index in [1.54, 1.807) is 6.07 Å². The number of alkyl halides is 2. The molecule has 2 aromatic rings. The predicted molar refractivity (Wildman–Crippen MR) is 52.6 cm³/mol. The van der Waals surface area contributed by atoms with Crippen LogP contribution in [0.2, 0.25) is 0 Å². The molecule has 0 unspecified atom stereocenters. The number of H-pyrrole nitrogens is 1. The molecular formula is C9H9F2N5. The summed E-state index contributed by atoms with van der Waals surface area (Å²) in [4.78, 5) is 0. The van der Waals surface area contributed by atoms with Gasteiger partial charge in [0.25, 0.3) is 5.92 Å². The second-order valence-electron chi connectivity index (χ2n) is 3.22. The van der Waals surface area contributed by atoms with Crippen LogP contribution >= 0.6 is 0 Å². The van der Waals surface area contributed by atoms with Crippen molar-refractivity contribution < 1.29 is 8.78 Å². The van der Waals surface area contributed by atoms with Crippen LogP contribution in [-0.2, 0) is 5.92 Å². The highest BCUT2D eigenvalue weighted by Gasteiger charge is 2.29. The first-order chi connectivity index (χ1) is 7.63. The summed E-state index contributed by atoms with van der Waals surface area (Å²) >= 11 is 0. The zero-order chi connectivity index (χ0) is 11.6. The Morgan fingerprint density at radius 2 is 2.19 bits per heavy atom. The zero-order valence-electron chi connectivity index (χ0n) is 8.19. The molecule has 16 heavy (non-hydrogen) atoms. The average Bonchev–Trinajstić information content (AvgIpc) is 2.83. The molecule has 0 atom stereocenters. The summed E-state index contributed by atoms with van der Waals surface area (Å²) in [6.07, 6.45) is 0. The lowest BCUT2D eigenvalue weighted by Gasteiger charge is -2.14. The van der Waals surface area contributed by atoms with Crippen molar-refractivity contribution in [3.05, 3.63) is 29.8 Å². The van der Waals surface area contributed by atoms with Crippen molar-refractivity contribution in [2.45, 2.75) is 5.92 Å². The summed E-state index contributed by atoms with van der Waals surface area (Å²) in [7, 11) is 0. The van der Waals surface area contributed by atoms with Crippen LogP contribution in [0.25, 0.3) is 11.4 Å². The van der Waals surface area contributed by atoms with E-state index in [1.807, 2.05) is 0 Å². The molecule has 0 spiro atoms. The highest BCUT2D eigenvalue weighted by Crippen LogP contribution is 2.28. The fourth-order valence-corrected chi connectivity index (χ4v) is 1.29. The van der Waals surface area contributed by atoms with Crippen molar-refractivity contribution in [1.82, 2.24) is 20.6 Å². The summed E-state index contributed by atoms with van der Waals surface area (Å²) < 4.78 is 26.6. The summed E-state index contributed by atoms with van der Waals surface area (Å²) in [6.45, 7) is -0.733. The third-order valence-electron chi connectivity index (χ3n) is 2.14. The molecule has 0 saturated carbocycles. The molecule has 1 aromatic heterocycles. The van der Waals surface area contributed by atoms with Gasteiger partial charge in [-0.2, -0.15) is 14.0 Å². The summed E-state index contributed by atoms with van der Waals surface area (Å²) in [5, 5.41) is 13.0. The summed E-state index contributed by atoms with van der Waals surface area (Å²) in [5.41, 5.74) is 5.32. The number of tetrazole rings is 1. The molecule has 7 heteroatoms. The zero-order valence-corrected chi connectivity index (χ0v) is 8.19. The molecule has 0 saturated heterocycles. The monoisotopic (exact) mass is 225 g/mol. The minimum absolute atomic E-state index is 0.155. The Hall–Kier alpha value is -1.89. The van der Waals surface area contributed by atoms with Crippen molar-refractivity contribution in [3.63, 3.8) is 0 Å². The SMILES string of the molecule is NCC(F)(F)c1cccc(-c2nn[nH]n2)c1. The second kappa shape index (κ2) is 3.93. The van der Waals surface area contributed by atoms with E-state index >= 15 is 0 Å². The minimum atomic E-state index is -3.04. The van der Waals surface area contributed by atoms with Gasteiger partial charge in [-0.1, -0.05) is 18.2 Å². The van der Waals surface area contributed by atoms with Gasteiger partial charge in [-0.3, -0.25) is 0 Å². The first-order valence-corrected chi connectivity index (χ1v) is 4.56. The van der Waals surface area contributed by atoms with Gasteiger partial charge >= 0.3 is 0 Å². The van der Waals surface area contributed by atoms with Gasteiger partial charge in [0, 0.05) is 11.1 Å². The number of halogens is 2. The van der Waals surface area contributed by atoms with Gasteiger partial charge in [0.2, 0.25) is 5.82 Å². The standard InChI is InChI=1S/C9H9F2N5/c10-9(11,5-12)7-3-1-2-6(4-7)8-13-15-16-14-8/h1-4H,5,12H2,(H,13,14,15,16). The number of benzene rings is 1. The molecule has 0 aliphatic carbocycles. The quantitative estimate of drug-likeness (QED) is 0.813. The Morgan fingerprint density at radius 1 is 1.38 bits per heavy atom. The number of rotatable bonds is 3. The van der Waals surface area contributed by atoms with Crippen molar-refractivity contribution in [1.29, 1.82) is 0 Å². The van der Waals surface area contributed by atoms with Crippen LogP contribution in [0.1, 0.15) is 5.56 Å². The van der Waals surface area contributed by atoms with E-state index in [1.165, 1.54) is 18.2 Å². The Balaban J connectivity index is 2.41. The molecule has 0 aliphatic heterocycles. The number of hydrogen-bond donors (Lipinski definition) is 2. The number of nitrogens with one attached hydrogen (secondary N) is 1. The number of aromatic amines is 1. The van der Waals surface area contributed by atoms with Crippen molar-refractivity contribution >= 4 is 0 Å². The van der Waals surface area contributed by atoms with Gasteiger partial charge in [0.15, 0.2) is 0 Å². The highest BCUT2D eigenvalue weighted by molar-refractivity contribution is 5.55. The van der Waals surface area contributed by atoms with Crippen LogP contribution in [0.5, 0.6) is 0 Å². The maximum Gasteiger partial charge on any atom is 0.285 e. The van der Waals surface area contributed by atoms with Crippen LogP contribution < -0.4 is 5.73 Å². The predicted octanol–water partition coefficient (Wildman–Crippen LogP) is 0.917. The Kier molecular flexibility index (Phi) is 2.61. The van der Waals surface area contributed by atoms with Gasteiger partial charge in [-0.25, -0.2) is 0 Å². The molecule has 0 fully saturated rings. The lowest BCUT2D eigenvalue weighted by atomic mass is 10.1. The minimum Gasteiger partial charge on any atom is -0.325 e. The molecule has 3 N–H and O–H groups in total. The lowest BCUT2D eigenvalue weighted by molar-refractivity contribution is 0.00599. The van der Waals surface area contributed by atoms with E-state index in [9.17, 15) is 8.78 Å². The fraction of sp³-hybridized carbons (Fsp3) is 0.222. The number of nitrogens with zero attached hydrogens (tertiary/aromatic N) is 3. The first kappa shape index (κ1) is 10.6. The topological polar surface area (TPSA) is 80.5 Å². The Morgan fingerprint density at radius 3 is 2.81 bits per heavy atom. The van der Waals surface area contributed by atoms with E-state index in [2.05, 4.69) is 20.6 Å². The van der Waals surface area contributed by atoms with Crippen molar-refractivity contribution in [2.75, 3.05) is 6.54 Å². The second-order valence-corrected chi connectivity index (χ2v) is 3.22. The smallest absolute Gasteiger partial charge is 0.285 e. The Bertz CT molecular complexity index is 469. The lowest BCUT2D eigenvalue weighted by Crippen LogP contribution is -2.24. The van der Waals surface area contributed by atoms with E-state index in [4.69, 9.17) is 5.73 Å². The summed E-state index contributed by atoms with van der Waals surface area (Å²) in [6, 6.07) is 5.75. The van der Waals surface area contributed by atoms with Gasteiger partial charge in [-0.15, -0.1) is 10.2 Å². The molecule has 0 amide bonds. The van der Waals surface area contributed by atoms with E-state index in [-0.39, 0.29) is 11.4 Å². The average molecular weight is 225 g/mol. The molecular weight excluding hydrogens is 216 g/mol. The van der Waals surface area contributed by atoms with E-state index in [0.29, 0.717) is 5.56 Å². The van der Waals surface area contributed by atoms with Crippen molar-refractivity contribution in [3.8, 4) is 11.4 Å². The molecule has 5 nitrogen and oxygen atoms in total. The fourth-order valence-electron chi connectivity index (χ4n) is 1.29. The van der Waals surface area contributed by atoms with Gasteiger partial charge in [-0.05, 0) is 11.3 Å². The molecule has 2 rings (SSSR count). The third kappa shape index (κ3) is 1.89. The van der Waals surface area contributed by atoms with Crippen LogP contribution in [0.15, 0.2) is 24.3 Å². The molecule has 0 bridgehead atoms. The molecule has 1 heterocycles. The van der Waals surface area contributed by atoms with Crippen LogP contribution in [-0.4, -0.2) is 27.2 Å². The maximum absolute atomic E-state index is 13.3. The highest BCUT2D eigenvalue weighted by atomic mass is 19.3. The number of nitrogens with two attached hydrogens (primary N) is 1. The number of hydrogen-bond acceptors (Lipinski definition) is 4. The van der Waals surface area contributed by atoms with Crippen LogP contribution in [0, 0.1) is 0 Å².